The number of thiocarbonyl (C=S) groups is 1. The Labute approximate surface area is 218 Å². The smallest absolute Gasteiger partial charge is 0.267 e. The molecule has 1 aromatic carbocycles. The maximum atomic E-state index is 14.3. The van der Waals surface area contributed by atoms with E-state index in [0.717, 1.165) is 12.0 Å². The van der Waals surface area contributed by atoms with Gasteiger partial charge in [0.05, 0.1) is 16.2 Å². The van der Waals surface area contributed by atoms with Crippen LogP contribution in [0.5, 0.6) is 0 Å². The zero-order chi connectivity index (χ0) is 25.4. The lowest BCUT2D eigenvalue weighted by molar-refractivity contribution is -0.122. The van der Waals surface area contributed by atoms with E-state index in [-0.39, 0.29) is 17.3 Å². The molecule has 1 amide bonds. The van der Waals surface area contributed by atoms with E-state index in [9.17, 15) is 14.0 Å². The van der Waals surface area contributed by atoms with Crippen LogP contribution in [0.3, 0.4) is 0 Å². The van der Waals surface area contributed by atoms with Crippen molar-refractivity contribution >= 4 is 57.4 Å². The summed E-state index contributed by atoms with van der Waals surface area (Å²) in [5.74, 6) is 0.0897. The van der Waals surface area contributed by atoms with Crippen LogP contribution in [0.15, 0.2) is 52.3 Å². The van der Waals surface area contributed by atoms with Crippen molar-refractivity contribution in [2.45, 2.75) is 20.3 Å². The summed E-state index contributed by atoms with van der Waals surface area (Å²) in [5.41, 5.74) is 2.15. The number of thioether (sulfide) groups is 1. The summed E-state index contributed by atoms with van der Waals surface area (Å²) in [4.78, 5) is 37.6. The molecule has 2 aliphatic heterocycles. The van der Waals surface area contributed by atoms with Gasteiger partial charge in [-0.1, -0.05) is 49.1 Å². The molecule has 7 nitrogen and oxygen atoms in total. The number of hydrogen-bond acceptors (Lipinski definition) is 7. The van der Waals surface area contributed by atoms with Gasteiger partial charge in [0.1, 0.15) is 21.6 Å². The van der Waals surface area contributed by atoms with Crippen LogP contribution in [0.4, 0.5) is 15.9 Å². The lowest BCUT2D eigenvalue weighted by atomic mass is 10.2. The number of amides is 1. The zero-order valence-electron chi connectivity index (χ0n) is 20.1. The van der Waals surface area contributed by atoms with Gasteiger partial charge >= 0.3 is 0 Å². The zero-order valence-corrected chi connectivity index (χ0v) is 21.7. The molecule has 2 fully saturated rings. The summed E-state index contributed by atoms with van der Waals surface area (Å²) in [6.07, 6.45) is 4.18. The molecule has 10 heteroatoms. The average Bonchev–Trinajstić information content (AvgIpc) is 3.14. The Morgan fingerprint density at radius 1 is 1.08 bits per heavy atom. The maximum absolute atomic E-state index is 14.3. The Morgan fingerprint density at radius 2 is 1.81 bits per heavy atom. The van der Waals surface area contributed by atoms with Gasteiger partial charge in [-0.2, -0.15) is 0 Å². The lowest BCUT2D eigenvalue weighted by Gasteiger charge is -2.37. The van der Waals surface area contributed by atoms with E-state index in [0.29, 0.717) is 64.7 Å². The fourth-order valence-corrected chi connectivity index (χ4v) is 5.82. The summed E-state index contributed by atoms with van der Waals surface area (Å²) in [6, 6.07) is 10.5. The highest BCUT2D eigenvalue weighted by atomic mass is 32.2. The molecule has 36 heavy (non-hydrogen) atoms. The van der Waals surface area contributed by atoms with Crippen molar-refractivity contribution < 1.29 is 9.18 Å². The number of benzene rings is 1. The number of halogens is 1. The van der Waals surface area contributed by atoms with Crippen molar-refractivity contribution in [1.82, 2.24) is 14.3 Å². The van der Waals surface area contributed by atoms with E-state index in [2.05, 4.69) is 0 Å². The standard InChI is InChI=1S/C26H26FN5O2S2/c1-3-10-31-25(34)21(36-26(31)35)15-18-23(28-22-9-8-17(2)16-32(22)24(18)33)30-13-11-29(12-14-30)20-7-5-4-6-19(20)27/h4-9,15-16H,3,10-14H2,1-2H3. The second-order valence-electron chi connectivity index (χ2n) is 8.85. The molecule has 0 radical (unpaired) electrons. The molecule has 186 valence electrons. The van der Waals surface area contributed by atoms with Crippen LogP contribution in [-0.4, -0.2) is 57.2 Å². The predicted molar refractivity (Wildman–Crippen MR) is 147 cm³/mol. The summed E-state index contributed by atoms with van der Waals surface area (Å²) >= 11 is 6.63. The number of fused-ring (bicyclic) bond motifs is 1. The highest BCUT2D eigenvalue weighted by Gasteiger charge is 2.32. The van der Waals surface area contributed by atoms with Gasteiger partial charge in [-0.25, -0.2) is 9.37 Å². The van der Waals surface area contributed by atoms with Crippen LogP contribution in [0.1, 0.15) is 24.5 Å². The van der Waals surface area contributed by atoms with Gasteiger partial charge < -0.3 is 9.80 Å². The third-order valence-corrected chi connectivity index (χ3v) is 7.73. The van der Waals surface area contributed by atoms with Crippen LogP contribution >= 0.6 is 24.0 Å². The van der Waals surface area contributed by atoms with Crippen LogP contribution in [0.2, 0.25) is 0 Å². The Bertz CT molecular complexity index is 1450. The monoisotopic (exact) mass is 523 g/mol. The quantitative estimate of drug-likeness (QED) is 0.369. The molecule has 5 rings (SSSR count). The number of pyridine rings is 1. The van der Waals surface area contributed by atoms with Gasteiger partial charge in [-0.05, 0) is 43.2 Å². The first-order valence-electron chi connectivity index (χ1n) is 11.9. The molecule has 0 spiro atoms. The van der Waals surface area contributed by atoms with Gasteiger partial charge in [-0.3, -0.25) is 18.9 Å². The number of piperazine rings is 1. The normalized spacial score (nSPS) is 17.6. The van der Waals surface area contributed by atoms with Crippen molar-refractivity contribution in [2.75, 3.05) is 42.5 Å². The SMILES string of the molecule is CCCN1C(=O)C(=Cc2c(N3CCN(c4ccccc4F)CC3)nc3ccc(C)cn3c2=O)SC1=S. The molecule has 0 unspecified atom stereocenters. The van der Waals surface area contributed by atoms with E-state index < -0.39 is 0 Å². The van der Waals surface area contributed by atoms with Crippen molar-refractivity contribution in [2.24, 2.45) is 0 Å². The van der Waals surface area contributed by atoms with Gasteiger partial charge in [0.15, 0.2) is 0 Å². The molecule has 2 saturated heterocycles. The number of hydrogen-bond donors (Lipinski definition) is 0. The Kier molecular flexibility index (Phi) is 6.81. The molecule has 0 atom stereocenters. The van der Waals surface area contributed by atoms with E-state index in [1.54, 1.807) is 29.3 Å². The molecule has 0 saturated carbocycles. The number of aryl methyl sites for hydroxylation is 1. The number of carbonyl (C=O) groups is 1. The van der Waals surface area contributed by atoms with Crippen molar-refractivity contribution in [3.63, 3.8) is 0 Å². The molecular weight excluding hydrogens is 497 g/mol. The first kappa shape index (κ1) is 24.5. The molecule has 2 aromatic heterocycles. The van der Waals surface area contributed by atoms with E-state index >= 15 is 0 Å². The maximum Gasteiger partial charge on any atom is 0.267 e. The summed E-state index contributed by atoms with van der Waals surface area (Å²) < 4.78 is 16.4. The minimum Gasteiger partial charge on any atom is -0.366 e. The van der Waals surface area contributed by atoms with Crippen LogP contribution in [0, 0.1) is 12.7 Å². The van der Waals surface area contributed by atoms with E-state index in [4.69, 9.17) is 17.2 Å². The molecular formula is C26H26FN5O2S2. The fourth-order valence-electron chi connectivity index (χ4n) is 4.53. The second kappa shape index (κ2) is 10.0. The first-order chi connectivity index (χ1) is 17.4. The van der Waals surface area contributed by atoms with E-state index in [1.165, 1.54) is 22.2 Å². The fraction of sp³-hybridized carbons (Fsp3) is 0.308. The Morgan fingerprint density at radius 3 is 2.53 bits per heavy atom. The topological polar surface area (TPSA) is 61.2 Å². The van der Waals surface area contributed by atoms with E-state index in [1.807, 2.05) is 41.8 Å². The van der Waals surface area contributed by atoms with Gasteiger partial charge in [0, 0.05) is 38.9 Å². The molecule has 0 bridgehead atoms. The van der Waals surface area contributed by atoms with Crippen LogP contribution < -0.4 is 15.4 Å². The average molecular weight is 524 g/mol. The Balaban J connectivity index is 1.54. The number of nitrogens with zero attached hydrogens (tertiary/aromatic N) is 5. The molecule has 0 aliphatic carbocycles. The minimum atomic E-state index is -0.252. The third-order valence-electron chi connectivity index (χ3n) is 6.35. The summed E-state index contributed by atoms with van der Waals surface area (Å²) in [5, 5.41) is 0. The molecule has 0 N–H and O–H groups in total. The first-order valence-corrected chi connectivity index (χ1v) is 13.1. The van der Waals surface area contributed by atoms with Crippen LogP contribution in [-0.2, 0) is 4.79 Å². The largest absolute Gasteiger partial charge is 0.366 e. The van der Waals surface area contributed by atoms with Crippen molar-refractivity contribution in [1.29, 1.82) is 0 Å². The number of rotatable bonds is 5. The Hall–Kier alpha value is -3.24. The second-order valence-corrected chi connectivity index (χ2v) is 10.5. The van der Waals surface area contributed by atoms with Gasteiger partial charge in [-0.15, -0.1) is 0 Å². The minimum absolute atomic E-state index is 0.184. The number of para-hydroxylation sites is 1. The number of carbonyl (C=O) groups excluding carboxylic acids is 1. The molecule has 4 heterocycles. The molecule has 3 aromatic rings. The van der Waals surface area contributed by atoms with Crippen molar-refractivity contribution in [3.05, 3.63) is 74.8 Å². The summed E-state index contributed by atoms with van der Waals surface area (Å²) in [6.45, 7) is 6.71. The van der Waals surface area contributed by atoms with Gasteiger partial charge in [0.2, 0.25) is 0 Å². The predicted octanol–water partition coefficient (Wildman–Crippen LogP) is 4.08. The van der Waals surface area contributed by atoms with Crippen LogP contribution in [0.25, 0.3) is 11.7 Å². The highest BCUT2D eigenvalue weighted by molar-refractivity contribution is 8.26. The summed E-state index contributed by atoms with van der Waals surface area (Å²) in [7, 11) is 0. The number of aromatic nitrogens is 2. The number of anilines is 2. The lowest BCUT2D eigenvalue weighted by Crippen LogP contribution is -2.47. The van der Waals surface area contributed by atoms with Gasteiger partial charge in [0.25, 0.3) is 11.5 Å². The third kappa shape index (κ3) is 4.51. The van der Waals surface area contributed by atoms with Crippen molar-refractivity contribution in [3.8, 4) is 0 Å². The molecule has 2 aliphatic rings. The highest BCUT2D eigenvalue weighted by Crippen LogP contribution is 2.34.